The molecule has 2 fully saturated rings. The van der Waals surface area contributed by atoms with Crippen LogP contribution in [0.2, 0.25) is 0 Å². The number of likely N-dealkylation sites (tertiary alicyclic amines) is 1. The molecule has 0 unspecified atom stereocenters. The van der Waals surface area contributed by atoms with Gasteiger partial charge >= 0.3 is 41.7 Å². The van der Waals surface area contributed by atoms with E-state index in [1.165, 1.54) is 29.2 Å². The Balaban J connectivity index is 0.00000380. The van der Waals surface area contributed by atoms with Crippen LogP contribution in [0, 0.1) is 0 Å². The van der Waals surface area contributed by atoms with Crippen LogP contribution in [0.1, 0.15) is 12.0 Å². The van der Waals surface area contributed by atoms with E-state index in [1.54, 1.807) is 12.1 Å². The van der Waals surface area contributed by atoms with E-state index in [2.05, 4.69) is 16.0 Å². The molecule has 4 rings (SSSR count). The molecule has 0 aliphatic carbocycles. The molecule has 13 nitrogen and oxygen atoms in total. The van der Waals surface area contributed by atoms with Gasteiger partial charge in [-0.2, -0.15) is 0 Å². The van der Waals surface area contributed by atoms with Gasteiger partial charge in [-0.25, -0.2) is 22.3 Å². The number of carbonyl (C=O) groups is 4. The van der Waals surface area contributed by atoms with E-state index in [0.717, 1.165) is 5.56 Å². The fraction of sp³-hybridized carbons (Fsp3) is 0.273. The van der Waals surface area contributed by atoms with Crippen molar-refractivity contribution < 1.29 is 66.4 Å². The van der Waals surface area contributed by atoms with E-state index < -0.39 is 46.3 Å². The molecule has 3 N–H and O–H groups in total. The number of alkyl carbamates (subject to hydrolysis) is 1. The van der Waals surface area contributed by atoms with Gasteiger partial charge in [0.25, 0.3) is 5.91 Å². The summed E-state index contributed by atoms with van der Waals surface area (Å²) in [6, 6.07) is 12.7. The number of hydrogen-bond donors (Lipinski definition) is 3. The number of anilines is 2. The van der Waals surface area contributed by atoms with E-state index in [4.69, 9.17) is 4.74 Å². The van der Waals surface area contributed by atoms with Gasteiger partial charge in [0.2, 0.25) is 5.91 Å². The molecule has 5 amide bonds. The number of urea groups is 1. The van der Waals surface area contributed by atoms with Crippen LogP contribution in [0.4, 0.5) is 21.0 Å². The molecule has 2 heterocycles. The van der Waals surface area contributed by atoms with Crippen molar-refractivity contribution in [2.24, 2.45) is 0 Å². The van der Waals surface area contributed by atoms with Crippen molar-refractivity contribution in [1.29, 1.82) is 0 Å². The first kappa shape index (κ1) is 28.4. The maximum absolute atomic E-state index is 12.6. The summed E-state index contributed by atoms with van der Waals surface area (Å²) in [6.45, 7) is -0.119. The summed E-state index contributed by atoms with van der Waals surface area (Å²) in [6.07, 6.45) is -0.554. The third kappa shape index (κ3) is 6.78. The van der Waals surface area contributed by atoms with Gasteiger partial charge in [0.05, 0.1) is 6.04 Å². The van der Waals surface area contributed by atoms with Gasteiger partial charge in [0, 0.05) is 17.9 Å². The molecule has 190 valence electrons. The second kappa shape index (κ2) is 11.9. The van der Waals surface area contributed by atoms with Gasteiger partial charge in [-0.3, -0.25) is 9.59 Å². The van der Waals surface area contributed by atoms with Crippen LogP contribution in [0.3, 0.4) is 0 Å². The number of hydrogen-bond acceptors (Lipinski definition) is 8. The molecule has 2 aliphatic heterocycles. The van der Waals surface area contributed by atoms with E-state index in [0.29, 0.717) is 11.4 Å². The van der Waals surface area contributed by atoms with Gasteiger partial charge in [-0.15, -0.1) is 0 Å². The number of nitrogens with zero attached hydrogens (tertiary/aromatic N) is 2. The Kier molecular flexibility index (Phi) is 9.15. The average molecular weight is 540 g/mol. The predicted molar refractivity (Wildman–Crippen MR) is 124 cm³/mol. The van der Waals surface area contributed by atoms with Crippen molar-refractivity contribution in [3.05, 3.63) is 60.2 Å². The standard InChI is InChI=1S/C22H23N5O8S.Na/c28-18(12-23-22(31)35-13-14-4-2-1-3-5-14)24-15-6-8-16(9-7-15)25-21(30)26-11-10-17-19(26)20(29)27(17)36(32,33)34;/h1-9,17,19H,10-13H2,(H,23,31)(H,24,28)(H,25,30)(H,32,33,34);/q;+1/p-1/t17-,19+;/m1./s1. The maximum atomic E-state index is 12.6. The summed E-state index contributed by atoms with van der Waals surface area (Å²) < 4.78 is 38.8. The zero-order valence-electron chi connectivity index (χ0n) is 19.7. The van der Waals surface area contributed by atoms with Crippen LogP contribution in [-0.2, 0) is 31.2 Å². The van der Waals surface area contributed by atoms with E-state index in [9.17, 15) is 32.1 Å². The van der Waals surface area contributed by atoms with Crippen molar-refractivity contribution in [2.45, 2.75) is 25.1 Å². The second-order valence-corrected chi connectivity index (χ2v) is 9.31. The maximum Gasteiger partial charge on any atom is 1.00 e. The number of β-lactam (4-membered cyclic amide) rings is 1. The smallest absolute Gasteiger partial charge is 0.731 e. The fourth-order valence-corrected chi connectivity index (χ4v) is 4.88. The molecule has 0 radical (unpaired) electrons. The summed E-state index contributed by atoms with van der Waals surface area (Å²) in [5.74, 6) is -1.41. The summed E-state index contributed by atoms with van der Waals surface area (Å²) in [5.41, 5.74) is 1.58. The topological polar surface area (TPSA) is 177 Å². The monoisotopic (exact) mass is 539 g/mol. The van der Waals surface area contributed by atoms with Crippen LogP contribution >= 0.6 is 0 Å². The molecule has 2 aromatic carbocycles. The zero-order chi connectivity index (χ0) is 25.9. The average Bonchev–Trinajstić information content (AvgIpc) is 3.21. The SMILES string of the molecule is O=C(CNC(=O)OCc1ccccc1)Nc1ccc(NC(=O)N2CC[C@@H]3[C@H]2C(=O)N3S(=O)(=O)[O-])cc1.[Na+]. The van der Waals surface area contributed by atoms with Crippen LogP contribution in [0.5, 0.6) is 0 Å². The third-order valence-electron chi connectivity index (χ3n) is 5.67. The number of carbonyl (C=O) groups excluding carboxylic acids is 4. The normalized spacial score (nSPS) is 18.1. The van der Waals surface area contributed by atoms with Crippen LogP contribution in [0.15, 0.2) is 54.6 Å². The van der Waals surface area contributed by atoms with Crippen molar-refractivity contribution in [1.82, 2.24) is 14.5 Å². The zero-order valence-corrected chi connectivity index (χ0v) is 22.6. The Morgan fingerprint density at radius 3 is 2.24 bits per heavy atom. The molecule has 0 aromatic heterocycles. The fourth-order valence-electron chi connectivity index (χ4n) is 4.00. The van der Waals surface area contributed by atoms with Crippen molar-refractivity contribution in [3.8, 4) is 0 Å². The summed E-state index contributed by atoms with van der Waals surface area (Å²) in [7, 11) is -4.91. The van der Waals surface area contributed by atoms with Crippen molar-refractivity contribution in [2.75, 3.05) is 23.7 Å². The molecule has 2 aliphatic rings. The Morgan fingerprint density at radius 1 is 1.00 bits per heavy atom. The van der Waals surface area contributed by atoms with Crippen LogP contribution in [-0.4, -0.2) is 71.3 Å². The Hall–Kier alpha value is -3.17. The minimum atomic E-state index is -4.91. The van der Waals surface area contributed by atoms with Crippen molar-refractivity contribution in [3.63, 3.8) is 0 Å². The first-order valence-corrected chi connectivity index (χ1v) is 12.2. The Labute approximate surface area is 234 Å². The Morgan fingerprint density at radius 2 is 1.62 bits per heavy atom. The first-order chi connectivity index (χ1) is 17.1. The number of rotatable bonds is 7. The molecule has 0 spiro atoms. The molecule has 37 heavy (non-hydrogen) atoms. The molecule has 0 saturated carbocycles. The van der Waals surface area contributed by atoms with Gasteiger partial charge in [-0.1, -0.05) is 30.3 Å². The Bertz CT molecular complexity index is 1280. The third-order valence-corrected chi connectivity index (χ3v) is 6.60. The summed E-state index contributed by atoms with van der Waals surface area (Å²) >= 11 is 0. The van der Waals surface area contributed by atoms with Gasteiger partial charge in [0.1, 0.15) is 19.2 Å². The number of benzene rings is 2. The largest absolute Gasteiger partial charge is 1.00 e. The van der Waals surface area contributed by atoms with E-state index >= 15 is 0 Å². The summed E-state index contributed by atoms with van der Waals surface area (Å²) in [5, 5.41) is 7.52. The molecule has 2 saturated heterocycles. The van der Waals surface area contributed by atoms with E-state index in [1.807, 2.05) is 18.2 Å². The van der Waals surface area contributed by atoms with Crippen LogP contribution in [0.25, 0.3) is 0 Å². The van der Waals surface area contributed by atoms with Crippen molar-refractivity contribution >= 4 is 45.6 Å². The molecule has 15 heteroatoms. The molecule has 0 bridgehead atoms. The predicted octanol–water partition coefficient (Wildman–Crippen LogP) is -2.17. The molecular weight excluding hydrogens is 517 g/mol. The molecule has 2 atom stereocenters. The minimum Gasteiger partial charge on any atom is -0.731 e. The summed E-state index contributed by atoms with van der Waals surface area (Å²) in [4.78, 5) is 49.6. The molecule has 2 aromatic rings. The van der Waals surface area contributed by atoms with Gasteiger partial charge < -0.3 is 30.1 Å². The minimum absolute atomic E-state index is 0. The number of amides is 5. The number of fused-ring (bicyclic) bond motifs is 1. The number of nitrogens with one attached hydrogen (secondary N) is 3. The van der Waals surface area contributed by atoms with Crippen LogP contribution < -0.4 is 45.5 Å². The van der Waals surface area contributed by atoms with Gasteiger partial charge in [0.15, 0.2) is 10.3 Å². The number of ether oxygens (including phenoxy) is 1. The van der Waals surface area contributed by atoms with E-state index in [-0.39, 0.29) is 60.0 Å². The second-order valence-electron chi connectivity index (χ2n) is 8.06. The first-order valence-electron chi connectivity index (χ1n) is 10.8. The molecular formula is C22H22N5NaO8S. The van der Waals surface area contributed by atoms with Gasteiger partial charge in [-0.05, 0) is 36.2 Å². The quantitative estimate of drug-likeness (QED) is 0.202.